The van der Waals surface area contributed by atoms with E-state index >= 15 is 0 Å². The van der Waals surface area contributed by atoms with Crippen molar-refractivity contribution in [1.29, 1.82) is 0 Å². The molecule has 0 saturated heterocycles. The Morgan fingerprint density at radius 1 is 0.167 bits per heavy atom. The predicted octanol–water partition coefficient (Wildman–Crippen LogP) is 26.6. The van der Waals surface area contributed by atoms with Gasteiger partial charge in [0.15, 0.2) is 11.6 Å². The first kappa shape index (κ1) is 63.9. The number of hydrogen-bond donors (Lipinski definition) is 0. The van der Waals surface area contributed by atoms with Crippen LogP contribution in [0.2, 0.25) is 0 Å². The normalized spacial score (nSPS) is 14.6. The highest BCUT2D eigenvalue weighted by molar-refractivity contribution is 6.07. The lowest BCUT2D eigenvalue weighted by Gasteiger charge is -2.28. The van der Waals surface area contributed by atoms with E-state index in [-0.39, 0.29) is 10.8 Å². The molecule has 2 unspecified atom stereocenters. The molecule has 0 spiro atoms. The zero-order valence-corrected chi connectivity index (χ0v) is 59.7. The smallest absolute Gasteiger partial charge is 0.160 e. The summed E-state index contributed by atoms with van der Waals surface area (Å²) in [6.07, 6.45) is 0. The van der Waals surface area contributed by atoms with Crippen LogP contribution >= 0.6 is 0 Å². The molecular weight excluding hydrogens is 1310 g/mol. The average molecular weight is 1380 g/mol. The SMILES string of the molecule is CC1(c2ccccc2)c2ccccc2-c2ccc(-c3ccc(-c4cc(-c5ccc(-c6cccc(-c7nc(-c8ccc(-c9ccccc9)cc8)cc(-c8ccc(-c9ccc%10c(c9)C(C)(c9ccccc9)c9ccccc9-%10)c9ccccc89)n7)c6)c(-c6ccccc6)c5)nc(-c5ccccc5)n4)c4ccccc34)cc21. The third-order valence-electron chi connectivity index (χ3n) is 23.0. The summed E-state index contributed by atoms with van der Waals surface area (Å²) < 4.78 is 0. The molecule has 0 N–H and O–H groups in total. The molecule has 4 heteroatoms. The van der Waals surface area contributed by atoms with E-state index in [9.17, 15) is 0 Å². The van der Waals surface area contributed by atoms with Gasteiger partial charge in [0.25, 0.3) is 0 Å². The number of benzene rings is 16. The molecule has 0 amide bonds. The minimum absolute atomic E-state index is 0.323. The molecule has 0 bridgehead atoms. The third kappa shape index (κ3) is 10.7. The average Bonchev–Trinajstić information content (AvgIpc) is 1.57. The Hall–Kier alpha value is -13.8. The second-order valence-corrected chi connectivity index (χ2v) is 28.9. The lowest BCUT2D eigenvalue weighted by atomic mass is 9.74. The summed E-state index contributed by atoms with van der Waals surface area (Å²) in [5.41, 5.74) is 32.8. The fraction of sp³-hybridized carbons (Fsp3) is 0.0385. The highest BCUT2D eigenvalue weighted by Crippen LogP contribution is 2.56. The molecule has 2 aliphatic rings. The van der Waals surface area contributed by atoms with Crippen LogP contribution in [-0.2, 0) is 10.8 Å². The van der Waals surface area contributed by atoms with Gasteiger partial charge in [-0.3, -0.25) is 0 Å². The second kappa shape index (κ2) is 26.1. The van der Waals surface area contributed by atoms with Crippen molar-refractivity contribution in [3.8, 4) is 146 Å². The summed E-state index contributed by atoms with van der Waals surface area (Å²) in [7, 11) is 0. The Morgan fingerprint density at radius 3 is 1.01 bits per heavy atom. The molecule has 2 atom stereocenters. The monoisotopic (exact) mass is 1370 g/mol. The van der Waals surface area contributed by atoms with Gasteiger partial charge in [-0.15, -0.1) is 0 Å². The summed E-state index contributed by atoms with van der Waals surface area (Å²) in [5.74, 6) is 1.29. The van der Waals surface area contributed by atoms with E-state index < -0.39 is 0 Å². The number of aromatic nitrogens is 4. The van der Waals surface area contributed by atoms with Crippen LogP contribution in [0.4, 0.5) is 0 Å². The van der Waals surface area contributed by atoms with E-state index in [4.69, 9.17) is 19.9 Å². The van der Waals surface area contributed by atoms with Crippen LogP contribution in [0.15, 0.2) is 388 Å². The van der Waals surface area contributed by atoms with Crippen molar-refractivity contribution in [2.75, 3.05) is 0 Å². The molecule has 0 aliphatic heterocycles. The fourth-order valence-electron chi connectivity index (χ4n) is 17.4. The minimum Gasteiger partial charge on any atom is -0.228 e. The van der Waals surface area contributed by atoms with Crippen molar-refractivity contribution in [3.05, 3.63) is 422 Å². The van der Waals surface area contributed by atoms with Crippen LogP contribution in [0.3, 0.4) is 0 Å². The number of nitrogens with zero attached hydrogens (tertiary/aromatic N) is 4. The second-order valence-electron chi connectivity index (χ2n) is 28.9. The van der Waals surface area contributed by atoms with E-state index in [0.717, 1.165) is 111 Å². The van der Waals surface area contributed by atoms with E-state index in [1.165, 1.54) is 77.9 Å². The largest absolute Gasteiger partial charge is 0.228 e. The zero-order valence-electron chi connectivity index (χ0n) is 59.7. The van der Waals surface area contributed by atoms with Gasteiger partial charge in [-0.2, -0.15) is 0 Å². The van der Waals surface area contributed by atoms with E-state index in [1.54, 1.807) is 0 Å². The van der Waals surface area contributed by atoms with Gasteiger partial charge in [0.05, 0.1) is 22.8 Å². The first-order valence-corrected chi connectivity index (χ1v) is 37.2. The third-order valence-corrected chi connectivity index (χ3v) is 23.0. The van der Waals surface area contributed by atoms with Crippen molar-refractivity contribution in [1.82, 2.24) is 19.9 Å². The highest BCUT2D eigenvalue weighted by atomic mass is 14.9. The molecule has 18 aromatic rings. The molecule has 4 nitrogen and oxygen atoms in total. The number of fused-ring (bicyclic) bond motifs is 8. The predicted molar refractivity (Wildman–Crippen MR) is 447 cm³/mol. The molecule has 2 aliphatic carbocycles. The molecule has 108 heavy (non-hydrogen) atoms. The summed E-state index contributed by atoms with van der Waals surface area (Å²) in [6, 6.07) is 141. The molecule has 0 radical (unpaired) electrons. The quantitative estimate of drug-likeness (QED) is 0.115. The highest BCUT2D eigenvalue weighted by Gasteiger charge is 2.42. The van der Waals surface area contributed by atoms with Crippen molar-refractivity contribution < 1.29 is 0 Å². The fourth-order valence-corrected chi connectivity index (χ4v) is 17.4. The van der Waals surface area contributed by atoms with Gasteiger partial charge < -0.3 is 0 Å². The van der Waals surface area contributed by atoms with Gasteiger partial charge in [0, 0.05) is 44.2 Å². The Kier molecular flexibility index (Phi) is 15.4. The minimum atomic E-state index is -0.328. The molecule has 16 aromatic carbocycles. The van der Waals surface area contributed by atoms with Gasteiger partial charge in [0.1, 0.15) is 0 Å². The summed E-state index contributed by atoms with van der Waals surface area (Å²) in [4.78, 5) is 22.1. The maximum atomic E-state index is 5.62. The van der Waals surface area contributed by atoms with Crippen molar-refractivity contribution in [2.24, 2.45) is 0 Å². The van der Waals surface area contributed by atoms with E-state index in [1.807, 2.05) is 6.07 Å². The van der Waals surface area contributed by atoms with E-state index in [0.29, 0.717) is 11.6 Å². The van der Waals surface area contributed by atoms with Crippen LogP contribution in [-0.4, -0.2) is 19.9 Å². The number of rotatable bonds is 13. The molecule has 20 rings (SSSR count). The van der Waals surface area contributed by atoms with E-state index in [2.05, 4.69) is 396 Å². The van der Waals surface area contributed by atoms with Crippen molar-refractivity contribution in [3.63, 3.8) is 0 Å². The van der Waals surface area contributed by atoms with Crippen LogP contribution in [0.25, 0.3) is 167 Å². The van der Waals surface area contributed by atoms with Crippen LogP contribution in [0, 0.1) is 0 Å². The molecule has 506 valence electrons. The van der Waals surface area contributed by atoms with Crippen LogP contribution < -0.4 is 0 Å². The molecule has 0 fully saturated rings. The number of hydrogen-bond acceptors (Lipinski definition) is 4. The lowest BCUT2D eigenvalue weighted by molar-refractivity contribution is 0.714. The van der Waals surface area contributed by atoms with Gasteiger partial charge in [-0.25, -0.2) is 19.9 Å². The molecule has 2 heterocycles. The molecule has 2 aromatic heterocycles. The first-order valence-electron chi connectivity index (χ1n) is 37.2. The standard InChI is InChI=1S/C104H70N4/c1-103(77-35-14-6-15-36-77)93-45-24-22-43-86(93)88-55-51-73(63-95(88)103)79-57-59-90(84-41-20-18-39-82(79)84)99-65-97(70-49-47-68(48-50-70)67-27-8-3-9-28-67)105-102(108-99)76-34-26-33-72(61-76)81-54-53-75(62-92(81)69-29-10-4-11-30-69)98-66-100(107-101(106-98)71-31-12-5-13-32-71)91-60-58-80(83-40-19-21-42-85(83)91)74-52-56-89-87-44-23-25-46-94(87)104(2,96(89)64-74)78-37-16-7-17-38-78/h3-66H,1-2H3. The summed E-state index contributed by atoms with van der Waals surface area (Å²) in [6.45, 7) is 4.78. The molecule has 0 saturated carbocycles. The van der Waals surface area contributed by atoms with Gasteiger partial charge in [0.2, 0.25) is 0 Å². The van der Waals surface area contributed by atoms with Crippen LogP contribution in [0.5, 0.6) is 0 Å². The van der Waals surface area contributed by atoms with Crippen molar-refractivity contribution in [2.45, 2.75) is 24.7 Å². The Morgan fingerprint density at radius 2 is 0.491 bits per heavy atom. The Balaban J connectivity index is 0.695. The van der Waals surface area contributed by atoms with Gasteiger partial charge in [-0.1, -0.05) is 352 Å². The molecular formula is C104H70N4. The maximum Gasteiger partial charge on any atom is 0.160 e. The van der Waals surface area contributed by atoms with Crippen LogP contribution in [0.1, 0.15) is 47.2 Å². The summed E-state index contributed by atoms with van der Waals surface area (Å²) >= 11 is 0. The Labute approximate surface area is 629 Å². The van der Waals surface area contributed by atoms with Gasteiger partial charge >= 0.3 is 0 Å². The topological polar surface area (TPSA) is 51.6 Å². The summed E-state index contributed by atoms with van der Waals surface area (Å²) in [5, 5.41) is 4.54. The van der Waals surface area contributed by atoms with Gasteiger partial charge in [-0.05, 0) is 183 Å². The van der Waals surface area contributed by atoms with Crippen molar-refractivity contribution >= 4 is 21.5 Å². The lowest BCUT2D eigenvalue weighted by Crippen LogP contribution is -2.22. The Bertz CT molecular complexity index is 6550. The maximum absolute atomic E-state index is 5.62. The first-order chi connectivity index (χ1) is 53.3. The zero-order chi connectivity index (χ0) is 71.9.